The van der Waals surface area contributed by atoms with Gasteiger partial charge in [0.05, 0.1) is 24.7 Å². The van der Waals surface area contributed by atoms with E-state index in [0.717, 1.165) is 61.9 Å². The van der Waals surface area contributed by atoms with Crippen molar-refractivity contribution in [3.63, 3.8) is 0 Å². The molecule has 0 N–H and O–H groups in total. The second kappa shape index (κ2) is 7.68. The first-order valence-electron chi connectivity index (χ1n) is 9.61. The van der Waals surface area contributed by atoms with E-state index in [2.05, 4.69) is 21.8 Å². The maximum atomic E-state index is 12.7. The van der Waals surface area contributed by atoms with Crippen molar-refractivity contribution >= 4 is 5.91 Å². The average Bonchev–Trinajstić information content (AvgIpc) is 3.11. The van der Waals surface area contributed by atoms with E-state index in [1.165, 1.54) is 6.42 Å². The Morgan fingerprint density at radius 2 is 2.26 bits per heavy atom. The molecule has 0 aromatic carbocycles. The van der Waals surface area contributed by atoms with E-state index < -0.39 is 0 Å². The lowest BCUT2D eigenvalue weighted by Crippen LogP contribution is -2.39. The molecule has 1 saturated heterocycles. The Kier molecular flexibility index (Phi) is 5.11. The summed E-state index contributed by atoms with van der Waals surface area (Å²) >= 11 is 0. The lowest BCUT2D eigenvalue weighted by Gasteiger charge is -2.29. The zero-order valence-corrected chi connectivity index (χ0v) is 16.0. The second-order valence-corrected chi connectivity index (χ2v) is 7.54. The molecule has 2 aliphatic rings. The summed E-state index contributed by atoms with van der Waals surface area (Å²) in [6.07, 6.45) is 4.73. The molecule has 1 amide bonds. The van der Waals surface area contributed by atoms with Crippen LogP contribution in [0.4, 0.5) is 0 Å². The molecule has 4 rings (SSSR count). The number of hydrogen-bond donors (Lipinski definition) is 0. The monoisotopic (exact) mass is 370 g/mol. The number of pyridine rings is 1. The van der Waals surface area contributed by atoms with Crippen molar-refractivity contribution in [3.05, 3.63) is 41.4 Å². The number of fused-ring (bicyclic) bond motifs is 1. The third-order valence-electron chi connectivity index (χ3n) is 5.35. The molecule has 2 aromatic heterocycles. The fourth-order valence-corrected chi connectivity index (χ4v) is 3.84. The van der Waals surface area contributed by atoms with Crippen LogP contribution in [0, 0.1) is 5.92 Å². The van der Waals surface area contributed by atoms with Gasteiger partial charge in [-0.3, -0.25) is 14.7 Å². The van der Waals surface area contributed by atoms with Gasteiger partial charge in [0.25, 0.3) is 5.89 Å². The van der Waals surface area contributed by atoms with E-state index >= 15 is 0 Å². The quantitative estimate of drug-likeness (QED) is 0.823. The highest BCUT2D eigenvalue weighted by Crippen LogP contribution is 2.23. The van der Waals surface area contributed by atoms with E-state index in [4.69, 9.17) is 9.15 Å². The SMILES string of the molecule is COc1ccc(CN2CCc3oc(C(=O)N4CCC[C@@H](C)C4)nc3C2)nc1. The Balaban J connectivity index is 1.41. The Morgan fingerprint density at radius 3 is 3.00 bits per heavy atom. The van der Waals surface area contributed by atoms with Crippen LogP contribution >= 0.6 is 0 Å². The van der Waals surface area contributed by atoms with Gasteiger partial charge in [0.1, 0.15) is 11.5 Å². The fourth-order valence-electron chi connectivity index (χ4n) is 3.84. The predicted octanol–water partition coefficient (Wildman–Crippen LogP) is 2.51. The number of ether oxygens (including phenoxy) is 1. The molecule has 4 heterocycles. The van der Waals surface area contributed by atoms with Crippen molar-refractivity contribution in [2.24, 2.45) is 5.92 Å². The Bertz CT molecular complexity index is 802. The number of hydrogen-bond acceptors (Lipinski definition) is 6. The van der Waals surface area contributed by atoms with Gasteiger partial charge in [-0.1, -0.05) is 6.92 Å². The van der Waals surface area contributed by atoms with E-state index in [0.29, 0.717) is 12.5 Å². The summed E-state index contributed by atoms with van der Waals surface area (Å²) in [7, 11) is 1.64. The highest BCUT2D eigenvalue weighted by Gasteiger charge is 2.29. The van der Waals surface area contributed by atoms with Crippen molar-refractivity contribution in [2.45, 2.75) is 39.3 Å². The van der Waals surface area contributed by atoms with Crippen LogP contribution in [0.2, 0.25) is 0 Å². The fraction of sp³-hybridized carbons (Fsp3) is 0.550. The summed E-state index contributed by atoms with van der Waals surface area (Å²) in [5.74, 6) is 2.33. The molecule has 144 valence electrons. The number of nitrogens with zero attached hydrogens (tertiary/aromatic N) is 4. The summed E-state index contributed by atoms with van der Waals surface area (Å²) in [6.45, 7) is 6.06. The second-order valence-electron chi connectivity index (χ2n) is 7.54. The number of aromatic nitrogens is 2. The zero-order valence-electron chi connectivity index (χ0n) is 16.0. The molecule has 0 bridgehead atoms. The third kappa shape index (κ3) is 3.98. The summed E-state index contributed by atoms with van der Waals surface area (Å²) in [4.78, 5) is 25.8. The average molecular weight is 370 g/mol. The minimum Gasteiger partial charge on any atom is -0.495 e. The third-order valence-corrected chi connectivity index (χ3v) is 5.35. The number of carbonyl (C=O) groups excluding carboxylic acids is 1. The van der Waals surface area contributed by atoms with Gasteiger partial charge in [-0.2, -0.15) is 0 Å². The van der Waals surface area contributed by atoms with E-state index in [-0.39, 0.29) is 11.8 Å². The number of rotatable bonds is 4. The van der Waals surface area contributed by atoms with Crippen LogP contribution in [-0.4, -0.2) is 52.4 Å². The van der Waals surface area contributed by atoms with Crippen LogP contribution in [-0.2, 0) is 19.5 Å². The largest absolute Gasteiger partial charge is 0.495 e. The van der Waals surface area contributed by atoms with Crippen molar-refractivity contribution in [1.82, 2.24) is 19.8 Å². The number of amides is 1. The van der Waals surface area contributed by atoms with Gasteiger partial charge < -0.3 is 14.1 Å². The lowest BCUT2D eigenvalue weighted by atomic mass is 10.0. The van der Waals surface area contributed by atoms with Crippen LogP contribution in [0.1, 0.15) is 47.6 Å². The van der Waals surface area contributed by atoms with Crippen LogP contribution < -0.4 is 4.74 Å². The molecule has 0 radical (unpaired) electrons. The molecule has 0 spiro atoms. The smallest absolute Gasteiger partial charge is 0.309 e. The molecule has 2 aromatic rings. The van der Waals surface area contributed by atoms with Gasteiger partial charge in [0.15, 0.2) is 0 Å². The number of oxazole rings is 1. The van der Waals surface area contributed by atoms with E-state index in [1.807, 2.05) is 17.0 Å². The van der Waals surface area contributed by atoms with Gasteiger partial charge in [-0.25, -0.2) is 4.98 Å². The summed E-state index contributed by atoms with van der Waals surface area (Å²) in [6, 6.07) is 3.90. The zero-order chi connectivity index (χ0) is 18.8. The number of likely N-dealkylation sites (tertiary alicyclic amines) is 1. The summed E-state index contributed by atoms with van der Waals surface area (Å²) < 4.78 is 11.0. The Labute approximate surface area is 159 Å². The molecule has 1 atom stereocenters. The molecule has 7 heteroatoms. The van der Waals surface area contributed by atoms with E-state index in [1.54, 1.807) is 13.3 Å². The van der Waals surface area contributed by atoms with Gasteiger partial charge in [0.2, 0.25) is 0 Å². The predicted molar refractivity (Wildman–Crippen MR) is 99.4 cm³/mol. The van der Waals surface area contributed by atoms with E-state index in [9.17, 15) is 4.79 Å². The van der Waals surface area contributed by atoms with Crippen molar-refractivity contribution in [2.75, 3.05) is 26.7 Å². The standard InChI is InChI=1S/C20H26N4O3/c1-14-4-3-8-24(11-14)20(25)19-22-17-13-23(9-7-18(17)27-19)12-15-5-6-16(26-2)10-21-15/h5-6,10,14H,3-4,7-9,11-13H2,1-2H3/t14-/m1/s1. The van der Waals surface area contributed by atoms with Crippen LogP contribution in [0.25, 0.3) is 0 Å². The molecular weight excluding hydrogens is 344 g/mol. The Hall–Kier alpha value is -2.41. The molecule has 0 saturated carbocycles. The van der Waals surface area contributed by atoms with Gasteiger partial charge in [-0.05, 0) is 30.9 Å². The number of methoxy groups -OCH3 is 1. The topological polar surface area (TPSA) is 71.7 Å². The maximum absolute atomic E-state index is 12.7. The molecule has 0 unspecified atom stereocenters. The van der Waals surface area contributed by atoms with Crippen LogP contribution in [0.3, 0.4) is 0 Å². The first-order valence-corrected chi connectivity index (χ1v) is 9.61. The summed E-state index contributed by atoms with van der Waals surface area (Å²) in [5, 5.41) is 0. The minimum absolute atomic E-state index is 0.0701. The molecular formula is C20H26N4O3. The maximum Gasteiger partial charge on any atom is 0.309 e. The summed E-state index contributed by atoms with van der Waals surface area (Å²) in [5.41, 5.74) is 1.87. The normalized spacial score (nSPS) is 20.4. The molecule has 27 heavy (non-hydrogen) atoms. The van der Waals surface area contributed by atoms with Crippen molar-refractivity contribution < 1.29 is 13.9 Å². The molecule has 0 aliphatic carbocycles. The van der Waals surface area contributed by atoms with Crippen molar-refractivity contribution in [1.29, 1.82) is 0 Å². The number of piperidine rings is 1. The minimum atomic E-state index is -0.0701. The Morgan fingerprint density at radius 1 is 1.37 bits per heavy atom. The van der Waals surface area contributed by atoms with Gasteiger partial charge in [-0.15, -0.1) is 0 Å². The first-order chi connectivity index (χ1) is 13.1. The molecule has 1 fully saturated rings. The lowest BCUT2D eigenvalue weighted by molar-refractivity contribution is 0.0640. The first kappa shape index (κ1) is 18.0. The van der Waals surface area contributed by atoms with Gasteiger partial charge >= 0.3 is 5.91 Å². The van der Waals surface area contributed by atoms with Gasteiger partial charge in [0, 0.05) is 39.1 Å². The molecule has 2 aliphatic heterocycles. The highest BCUT2D eigenvalue weighted by atomic mass is 16.5. The van der Waals surface area contributed by atoms with Crippen LogP contribution in [0.5, 0.6) is 5.75 Å². The van der Waals surface area contributed by atoms with Crippen LogP contribution in [0.15, 0.2) is 22.7 Å². The number of carbonyl (C=O) groups is 1. The molecule has 7 nitrogen and oxygen atoms in total. The van der Waals surface area contributed by atoms with Crippen molar-refractivity contribution in [3.8, 4) is 5.75 Å². The highest BCUT2D eigenvalue weighted by molar-refractivity contribution is 5.89.